The first-order valence-corrected chi connectivity index (χ1v) is 11.3. The third-order valence-electron chi connectivity index (χ3n) is 5.75. The van der Waals surface area contributed by atoms with Crippen LogP contribution < -0.4 is 4.90 Å². The highest BCUT2D eigenvalue weighted by atomic mass is 32.1. The molecule has 3 unspecified atom stereocenters. The second-order valence-corrected chi connectivity index (χ2v) is 9.33. The average molecular weight is 441 g/mol. The SMILES string of the molecule is COC(=O)c1sc(-c2ccccc2)cc1N(C(=O)C1CCC(C)CC1N=[N+]=[N-])C(C)C. The summed E-state index contributed by atoms with van der Waals surface area (Å²) in [4.78, 5) is 32.3. The third kappa shape index (κ3) is 4.92. The molecular weight excluding hydrogens is 412 g/mol. The molecule has 0 saturated heterocycles. The van der Waals surface area contributed by atoms with Gasteiger partial charge in [-0.05, 0) is 56.2 Å². The van der Waals surface area contributed by atoms with Crippen LogP contribution in [-0.4, -0.2) is 31.1 Å². The third-order valence-corrected chi connectivity index (χ3v) is 6.90. The molecule has 3 atom stereocenters. The molecule has 8 heteroatoms. The van der Waals surface area contributed by atoms with Crippen molar-refractivity contribution in [3.63, 3.8) is 0 Å². The molecule has 0 spiro atoms. The molecule has 0 N–H and O–H groups in total. The molecule has 1 aliphatic carbocycles. The van der Waals surface area contributed by atoms with Gasteiger partial charge < -0.3 is 9.64 Å². The Labute approximate surface area is 186 Å². The van der Waals surface area contributed by atoms with Gasteiger partial charge in [-0.3, -0.25) is 4.79 Å². The Balaban J connectivity index is 2.06. The second-order valence-electron chi connectivity index (χ2n) is 8.28. The molecule has 1 aliphatic rings. The Morgan fingerprint density at radius 3 is 2.58 bits per heavy atom. The topological polar surface area (TPSA) is 95.4 Å². The van der Waals surface area contributed by atoms with E-state index in [-0.39, 0.29) is 18.0 Å². The number of amides is 1. The normalized spacial score (nSPS) is 20.7. The molecule has 31 heavy (non-hydrogen) atoms. The molecule has 1 fully saturated rings. The summed E-state index contributed by atoms with van der Waals surface area (Å²) in [5.41, 5.74) is 10.5. The van der Waals surface area contributed by atoms with Gasteiger partial charge in [-0.2, -0.15) is 0 Å². The summed E-state index contributed by atoms with van der Waals surface area (Å²) in [6.45, 7) is 5.96. The fraction of sp³-hybridized carbons (Fsp3) is 0.478. The van der Waals surface area contributed by atoms with Crippen LogP contribution in [0.1, 0.15) is 49.7 Å². The molecule has 1 aromatic heterocycles. The summed E-state index contributed by atoms with van der Waals surface area (Å²) in [7, 11) is 1.34. The first-order valence-electron chi connectivity index (χ1n) is 10.5. The molecule has 1 aromatic carbocycles. The lowest BCUT2D eigenvalue weighted by Crippen LogP contribution is -2.46. The standard InChI is InChI=1S/C23H28N4O3S/c1-14(2)27(22(28)17-11-10-15(3)12-18(17)25-26-24)19-13-20(16-8-6-5-7-9-16)31-21(19)23(29)30-4/h5-9,13-15,17-18H,10-12H2,1-4H3. The lowest BCUT2D eigenvalue weighted by atomic mass is 9.78. The van der Waals surface area contributed by atoms with Crippen LogP contribution in [-0.2, 0) is 9.53 Å². The van der Waals surface area contributed by atoms with Crippen LogP contribution in [0, 0.1) is 11.8 Å². The summed E-state index contributed by atoms with van der Waals surface area (Å²) in [6, 6.07) is 11.1. The fourth-order valence-corrected chi connectivity index (χ4v) is 5.28. The molecule has 164 valence electrons. The van der Waals surface area contributed by atoms with E-state index in [9.17, 15) is 9.59 Å². The van der Waals surface area contributed by atoms with Crippen molar-refractivity contribution in [2.24, 2.45) is 17.0 Å². The van der Waals surface area contributed by atoms with Crippen LogP contribution in [0.4, 0.5) is 5.69 Å². The van der Waals surface area contributed by atoms with E-state index in [4.69, 9.17) is 10.3 Å². The molecule has 1 saturated carbocycles. The fourth-order valence-electron chi connectivity index (χ4n) is 4.21. The van der Waals surface area contributed by atoms with Gasteiger partial charge in [-0.25, -0.2) is 4.79 Å². The molecule has 7 nitrogen and oxygen atoms in total. The number of thiophene rings is 1. The second kappa shape index (κ2) is 9.98. The van der Waals surface area contributed by atoms with Crippen molar-refractivity contribution in [2.75, 3.05) is 12.0 Å². The highest BCUT2D eigenvalue weighted by Crippen LogP contribution is 2.40. The minimum atomic E-state index is -0.468. The van der Waals surface area contributed by atoms with Gasteiger partial charge >= 0.3 is 5.97 Å². The number of rotatable bonds is 6. The van der Waals surface area contributed by atoms with E-state index in [1.165, 1.54) is 18.4 Å². The number of azide groups is 1. The van der Waals surface area contributed by atoms with E-state index in [1.807, 2.05) is 50.2 Å². The van der Waals surface area contributed by atoms with E-state index in [0.29, 0.717) is 29.3 Å². The predicted octanol–water partition coefficient (Wildman–Crippen LogP) is 6.06. The van der Waals surface area contributed by atoms with Gasteiger partial charge in [0.1, 0.15) is 4.88 Å². The molecular formula is C23H28N4O3S. The minimum Gasteiger partial charge on any atom is -0.465 e. The van der Waals surface area contributed by atoms with Crippen molar-refractivity contribution >= 4 is 28.9 Å². The Kier molecular flexibility index (Phi) is 7.36. The zero-order valence-electron chi connectivity index (χ0n) is 18.3. The maximum Gasteiger partial charge on any atom is 0.350 e. The van der Waals surface area contributed by atoms with Crippen molar-refractivity contribution in [3.05, 3.63) is 51.7 Å². The predicted molar refractivity (Wildman–Crippen MR) is 123 cm³/mol. The van der Waals surface area contributed by atoms with E-state index < -0.39 is 11.9 Å². The number of carbonyl (C=O) groups is 2. The van der Waals surface area contributed by atoms with Gasteiger partial charge in [0, 0.05) is 27.8 Å². The molecule has 0 bridgehead atoms. The Morgan fingerprint density at radius 2 is 1.97 bits per heavy atom. The Bertz CT molecular complexity index is 982. The summed E-state index contributed by atoms with van der Waals surface area (Å²) in [5.74, 6) is -0.574. The van der Waals surface area contributed by atoms with Crippen molar-refractivity contribution in [1.82, 2.24) is 0 Å². The number of carbonyl (C=O) groups excluding carboxylic acids is 2. The van der Waals surface area contributed by atoms with Crippen LogP contribution in [0.2, 0.25) is 0 Å². The number of hydrogen-bond acceptors (Lipinski definition) is 5. The van der Waals surface area contributed by atoms with Gasteiger partial charge in [-0.15, -0.1) is 11.3 Å². The maximum atomic E-state index is 13.7. The average Bonchev–Trinajstić information content (AvgIpc) is 3.18. The molecule has 0 aliphatic heterocycles. The molecule has 3 rings (SSSR count). The lowest BCUT2D eigenvalue weighted by Gasteiger charge is -2.36. The quantitative estimate of drug-likeness (QED) is 0.236. The number of anilines is 1. The Hall–Kier alpha value is -2.83. The first-order chi connectivity index (χ1) is 14.9. The van der Waals surface area contributed by atoms with Crippen molar-refractivity contribution in [3.8, 4) is 10.4 Å². The van der Waals surface area contributed by atoms with Gasteiger partial charge in [0.05, 0.1) is 12.8 Å². The molecule has 2 aromatic rings. The number of benzene rings is 1. The van der Waals surface area contributed by atoms with E-state index in [1.54, 1.807) is 4.90 Å². The van der Waals surface area contributed by atoms with Crippen molar-refractivity contribution < 1.29 is 14.3 Å². The summed E-state index contributed by atoms with van der Waals surface area (Å²) >= 11 is 1.32. The number of ether oxygens (including phenoxy) is 1. The van der Waals surface area contributed by atoms with Gasteiger partial charge in [0.15, 0.2) is 0 Å². The Morgan fingerprint density at radius 1 is 1.26 bits per heavy atom. The van der Waals surface area contributed by atoms with Crippen LogP contribution in [0.5, 0.6) is 0 Å². The summed E-state index contributed by atoms with van der Waals surface area (Å²) < 4.78 is 5.02. The molecule has 1 amide bonds. The first kappa shape index (κ1) is 22.8. The largest absolute Gasteiger partial charge is 0.465 e. The van der Waals surface area contributed by atoms with Gasteiger partial charge in [0.2, 0.25) is 5.91 Å². The van der Waals surface area contributed by atoms with Crippen LogP contribution in [0.25, 0.3) is 20.9 Å². The number of methoxy groups -OCH3 is 1. The minimum absolute atomic E-state index is 0.109. The zero-order chi connectivity index (χ0) is 22.5. The van der Waals surface area contributed by atoms with Crippen LogP contribution in [0.15, 0.2) is 41.5 Å². The van der Waals surface area contributed by atoms with Crippen LogP contribution in [0.3, 0.4) is 0 Å². The summed E-state index contributed by atoms with van der Waals surface area (Å²) in [6.07, 6.45) is 2.26. The smallest absolute Gasteiger partial charge is 0.350 e. The number of nitrogens with zero attached hydrogens (tertiary/aromatic N) is 4. The van der Waals surface area contributed by atoms with Gasteiger partial charge in [0.25, 0.3) is 0 Å². The summed E-state index contributed by atoms with van der Waals surface area (Å²) in [5, 5.41) is 3.94. The van der Waals surface area contributed by atoms with E-state index >= 15 is 0 Å². The zero-order valence-corrected chi connectivity index (χ0v) is 19.1. The molecule has 1 heterocycles. The van der Waals surface area contributed by atoms with E-state index in [0.717, 1.165) is 16.9 Å². The number of hydrogen-bond donors (Lipinski definition) is 0. The monoisotopic (exact) mass is 440 g/mol. The van der Waals surface area contributed by atoms with Crippen molar-refractivity contribution in [2.45, 2.75) is 52.1 Å². The van der Waals surface area contributed by atoms with E-state index in [2.05, 4.69) is 16.9 Å². The van der Waals surface area contributed by atoms with Crippen molar-refractivity contribution in [1.29, 1.82) is 0 Å². The molecule has 0 radical (unpaired) electrons. The van der Waals surface area contributed by atoms with Crippen LogP contribution >= 0.6 is 11.3 Å². The highest BCUT2D eigenvalue weighted by Gasteiger charge is 2.38. The van der Waals surface area contributed by atoms with Gasteiger partial charge in [-0.1, -0.05) is 42.4 Å². The highest BCUT2D eigenvalue weighted by molar-refractivity contribution is 7.18. The maximum absolute atomic E-state index is 13.7. The lowest BCUT2D eigenvalue weighted by molar-refractivity contribution is -0.124. The number of esters is 1.